The van der Waals surface area contributed by atoms with Gasteiger partial charge in [0.25, 0.3) is 21.5 Å². The molecule has 2 amide bonds. The SMILES string of the molecule is COc1c(Cl)ccc(C(=O)Nc2ccc(Cl)cn2)c1NC(=O)c1scc(Cc2noc(C(Cl)(Cl)Cl)n2)c1Cl. The topological polar surface area (TPSA) is 119 Å². The van der Waals surface area contributed by atoms with Crippen molar-refractivity contribution in [1.29, 1.82) is 0 Å². The molecule has 3 aromatic heterocycles. The molecular weight excluding hydrogens is 643 g/mol. The van der Waals surface area contributed by atoms with E-state index in [0.29, 0.717) is 10.6 Å². The van der Waals surface area contributed by atoms with Gasteiger partial charge in [0.2, 0.25) is 0 Å². The number of hydrogen-bond acceptors (Lipinski definition) is 8. The lowest BCUT2D eigenvalue weighted by molar-refractivity contribution is 0.102. The summed E-state index contributed by atoms with van der Waals surface area (Å²) in [4.78, 5) is 34.5. The number of amides is 2. The maximum absolute atomic E-state index is 13.2. The minimum Gasteiger partial charge on any atom is -0.493 e. The summed E-state index contributed by atoms with van der Waals surface area (Å²) in [5.74, 6) is -0.865. The Balaban J connectivity index is 1.59. The largest absolute Gasteiger partial charge is 0.493 e. The predicted octanol–water partition coefficient (Wildman–Crippen LogP) is 7.42. The molecule has 2 N–H and O–H groups in total. The molecule has 4 rings (SSSR count). The van der Waals surface area contributed by atoms with Gasteiger partial charge < -0.3 is 19.9 Å². The number of halogens is 6. The van der Waals surface area contributed by atoms with Crippen LogP contribution in [0.25, 0.3) is 0 Å². The number of ether oxygens (including phenoxy) is 1. The lowest BCUT2D eigenvalue weighted by atomic mass is 10.1. The zero-order chi connectivity index (χ0) is 27.6. The highest BCUT2D eigenvalue weighted by Gasteiger charge is 2.31. The molecule has 0 radical (unpaired) electrons. The summed E-state index contributed by atoms with van der Waals surface area (Å²) >= 11 is 36.9. The molecule has 198 valence electrons. The van der Waals surface area contributed by atoms with Gasteiger partial charge in [0.15, 0.2) is 11.6 Å². The van der Waals surface area contributed by atoms with E-state index in [1.165, 1.54) is 31.5 Å². The molecule has 0 unspecified atom stereocenters. The number of carbonyl (C=O) groups is 2. The van der Waals surface area contributed by atoms with E-state index in [1.807, 2.05) is 0 Å². The number of alkyl halides is 3. The fraction of sp³-hybridized carbons (Fsp3) is 0.136. The Morgan fingerprint density at radius 2 is 1.84 bits per heavy atom. The van der Waals surface area contributed by atoms with Gasteiger partial charge in [-0.15, -0.1) is 11.3 Å². The Morgan fingerprint density at radius 1 is 1.08 bits per heavy atom. The van der Waals surface area contributed by atoms with E-state index in [-0.39, 0.29) is 55.9 Å². The second-order valence-electron chi connectivity index (χ2n) is 7.37. The fourth-order valence-corrected chi connectivity index (χ4v) is 4.97. The first kappa shape index (κ1) is 28.7. The van der Waals surface area contributed by atoms with Gasteiger partial charge in [-0.2, -0.15) is 4.98 Å². The molecule has 0 atom stereocenters. The minimum absolute atomic E-state index is 0.0352. The van der Waals surface area contributed by atoms with Gasteiger partial charge >= 0.3 is 0 Å². The number of anilines is 2. The Bertz CT molecular complexity index is 1500. The van der Waals surface area contributed by atoms with Gasteiger partial charge in [-0.25, -0.2) is 4.98 Å². The van der Waals surface area contributed by atoms with Crippen molar-refractivity contribution in [3.8, 4) is 5.75 Å². The first-order valence-electron chi connectivity index (χ1n) is 10.2. The smallest absolute Gasteiger partial charge is 0.278 e. The van der Waals surface area contributed by atoms with Crippen molar-refractivity contribution in [2.45, 2.75) is 10.2 Å². The van der Waals surface area contributed by atoms with Crippen LogP contribution in [0.15, 0.2) is 40.4 Å². The van der Waals surface area contributed by atoms with Crippen molar-refractivity contribution in [2.24, 2.45) is 0 Å². The molecule has 0 saturated carbocycles. The van der Waals surface area contributed by atoms with Gasteiger partial charge in [0.1, 0.15) is 10.7 Å². The Morgan fingerprint density at radius 3 is 2.47 bits per heavy atom. The van der Waals surface area contributed by atoms with E-state index in [4.69, 9.17) is 78.9 Å². The average molecular weight is 656 g/mol. The van der Waals surface area contributed by atoms with Crippen molar-refractivity contribution in [3.63, 3.8) is 0 Å². The standard InChI is InChI=1S/C22H13Cl6N5O4S/c1-36-17-12(24)4-3-11(19(34)30-13-5-2-10(23)7-29-13)16(17)32-20(35)18-15(25)9(8-38-18)6-14-31-21(37-33-14)22(26,27)28/h2-5,7-8H,6H2,1H3,(H,32,35)(H,29,30,34). The number of benzene rings is 1. The molecule has 3 heterocycles. The quantitative estimate of drug-likeness (QED) is 0.199. The van der Waals surface area contributed by atoms with Crippen LogP contribution in [0.5, 0.6) is 5.75 Å². The molecule has 4 aromatic rings. The van der Waals surface area contributed by atoms with Gasteiger partial charge in [0, 0.05) is 12.6 Å². The number of rotatable bonds is 7. The number of thiophene rings is 1. The third-order valence-electron chi connectivity index (χ3n) is 4.83. The van der Waals surface area contributed by atoms with E-state index in [1.54, 1.807) is 11.4 Å². The molecular formula is C22H13Cl6N5O4S. The summed E-state index contributed by atoms with van der Waals surface area (Å²) in [6.45, 7) is 0. The van der Waals surface area contributed by atoms with Crippen LogP contribution in [0, 0.1) is 0 Å². The summed E-state index contributed by atoms with van der Waals surface area (Å²) in [6.07, 6.45) is 1.49. The summed E-state index contributed by atoms with van der Waals surface area (Å²) in [5.41, 5.74) is 0.631. The minimum atomic E-state index is -1.88. The van der Waals surface area contributed by atoms with E-state index in [9.17, 15) is 9.59 Å². The monoisotopic (exact) mass is 653 g/mol. The third-order valence-corrected chi connectivity index (χ3v) is 7.41. The van der Waals surface area contributed by atoms with Gasteiger partial charge in [0.05, 0.1) is 33.4 Å². The highest BCUT2D eigenvalue weighted by molar-refractivity contribution is 7.13. The Labute approximate surface area is 249 Å². The second-order valence-corrected chi connectivity index (χ2v) is 11.7. The highest BCUT2D eigenvalue weighted by atomic mass is 35.6. The number of carbonyl (C=O) groups excluding carboxylic acids is 2. The van der Waals surface area contributed by atoms with E-state index in [2.05, 4.69) is 25.8 Å². The molecule has 1 aromatic carbocycles. The van der Waals surface area contributed by atoms with Gasteiger partial charge in [-0.3, -0.25) is 9.59 Å². The molecule has 38 heavy (non-hydrogen) atoms. The van der Waals surface area contributed by atoms with Crippen molar-refractivity contribution in [1.82, 2.24) is 15.1 Å². The molecule has 0 aliphatic carbocycles. The van der Waals surface area contributed by atoms with Crippen LogP contribution in [0.3, 0.4) is 0 Å². The second kappa shape index (κ2) is 11.8. The average Bonchev–Trinajstić information content (AvgIpc) is 3.48. The van der Waals surface area contributed by atoms with Crippen LogP contribution in [0.4, 0.5) is 11.5 Å². The zero-order valence-corrected chi connectivity index (χ0v) is 24.2. The number of aromatic nitrogens is 3. The maximum atomic E-state index is 13.2. The molecule has 0 spiro atoms. The van der Waals surface area contributed by atoms with Crippen molar-refractivity contribution in [3.05, 3.63) is 78.6 Å². The van der Waals surface area contributed by atoms with E-state index >= 15 is 0 Å². The molecule has 16 heteroatoms. The highest BCUT2D eigenvalue weighted by Crippen LogP contribution is 2.39. The van der Waals surface area contributed by atoms with Crippen LogP contribution in [0.2, 0.25) is 15.1 Å². The van der Waals surface area contributed by atoms with Crippen molar-refractivity contribution >= 4 is 104 Å². The third kappa shape index (κ3) is 6.45. The van der Waals surface area contributed by atoms with E-state index in [0.717, 1.165) is 11.3 Å². The maximum Gasteiger partial charge on any atom is 0.278 e. The number of methoxy groups -OCH3 is 1. The molecule has 0 aliphatic heterocycles. The molecule has 0 aliphatic rings. The van der Waals surface area contributed by atoms with Gasteiger partial charge in [-0.1, -0.05) is 74.8 Å². The number of nitrogens with zero attached hydrogens (tertiary/aromatic N) is 3. The molecule has 9 nitrogen and oxygen atoms in total. The fourth-order valence-electron chi connectivity index (χ4n) is 3.14. The lowest BCUT2D eigenvalue weighted by Gasteiger charge is -2.16. The van der Waals surface area contributed by atoms with Crippen LogP contribution < -0.4 is 15.4 Å². The molecule has 0 fully saturated rings. The van der Waals surface area contributed by atoms with Gasteiger partial charge in [-0.05, 0) is 35.2 Å². The van der Waals surface area contributed by atoms with Crippen molar-refractivity contribution < 1.29 is 18.8 Å². The number of hydrogen-bond donors (Lipinski definition) is 2. The summed E-state index contributed by atoms with van der Waals surface area (Å²) < 4.78 is 8.43. The first-order valence-corrected chi connectivity index (χ1v) is 13.4. The number of pyridine rings is 1. The Kier molecular flexibility index (Phi) is 8.93. The van der Waals surface area contributed by atoms with E-state index < -0.39 is 15.6 Å². The summed E-state index contributed by atoms with van der Waals surface area (Å²) in [6, 6.07) is 6.00. The predicted molar refractivity (Wildman–Crippen MR) is 149 cm³/mol. The van der Waals surface area contributed by atoms with Crippen LogP contribution in [-0.2, 0) is 10.2 Å². The number of nitrogens with one attached hydrogen (secondary N) is 2. The normalized spacial score (nSPS) is 11.3. The molecule has 0 saturated heterocycles. The first-order chi connectivity index (χ1) is 18.0. The lowest BCUT2D eigenvalue weighted by Crippen LogP contribution is -2.19. The van der Waals surface area contributed by atoms with Crippen LogP contribution in [-0.4, -0.2) is 34.0 Å². The molecule has 0 bridgehead atoms. The zero-order valence-electron chi connectivity index (χ0n) is 18.8. The summed E-state index contributed by atoms with van der Waals surface area (Å²) in [5, 5.41) is 11.4. The summed E-state index contributed by atoms with van der Waals surface area (Å²) in [7, 11) is 1.35. The van der Waals surface area contributed by atoms with Crippen LogP contribution in [0.1, 0.15) is 37.3 Å². The van der Waals surface area contributed by atoms with Crippen molar-refractivity contribution in [2.75, 3.05) is 17.7 Å². The Hall–Kier alpha value is -2.31. The van der Waals surface area contributed by atoms with Crippen LogP contribution >= 0.6 is 80.9 Å².